The van der Waals surface area contributed by atoms with Crippen LogP contribution in [0, 0.1) is 10.1 Å². The first-order valence-electron chi connectivity index (χ1n) is 10.8. The molecule has 0 unspecified atom stereocenters. The lowest BCUT2D eigenvalue weighted by atomic mass is 10.1. The first-order chi connectivity index (χ1) is 18.4. The number of methoxy groups -OCH3 is 1. The molecule has 3 aromatic carbocycles. The minimum atomic E-state index is -4.83. The van der Waals surface area contributed by atoms with E-state index in [9.17, 15) is 37.7 Å². The van der Waals surface area contributed by atoms with E-state index in [0.29, 0.717) is 22.8 Å². The fraction of sp³-hybridized carbons (Fsp3) is 0.0800. The van der Waals surface area contributed by atoms with Crippen molar-refractivity contribution < 1.29 is 42.0 Å². The molecule has 1 aliphatic rings. The van der Waals surface area contributed by atoms with Crippen LogP contribution >= 0.6 is 11.6 Å². The number of nitrogens with one attached hydrogen (secondary N) is 1. The molecule has 4 amide bonds. The van der Waals surface area contributed by atoms with E-state index < -0.39 is 51.5 Å². The molecule has 200 valence electrons. The lowest BCUT2D eigenvalue weighted by Gasteiger charge is -2.26. The summed E-state index contributed by atoms with van der Waals surface area (Å²) < 4.78 is 49.8. The van der Waals surface area contributed by atoms with Crippen LogP contribution in [0.2, 0.25) is 5.02 Å². The zero-order valence-electron chi connectivity index (χ0n) is 19.6. The number of rotatable bonds is 6. The number of hydrogen-bond acceptors (Lipinski definition) is 7. The molecule has 1 N–H and O–H groups in total. The molecule has 0 radical (unpaired) electrons. The Kier molecular flexibility index (Phi) is 7.27. The van der Waals surface area contributed by atoms with Gasteiger partial charge in [0.2, 0.25) is 5.75 Å². The maximum Gasteiger partial charge on any atom is 0.416 e. The zero-order valence-corrected chi connectivity index (χ0v) is 20.4. The van der Waals surface area contributed by atoms with Gasteiger partial charge in [0, 0.05) is 16.7 Å². The molecule has 39 heavy (non-hydrogen) atoms. The summed E-state index contributed by atoms with van der Waals surface area (Å²) in [6, 6.07) is 10.3. The number of nitrogens with zero attached hydrogens (tertiary/aromatic N) is 2. The molecule has 0 aromatic heterocycles. The molecule has 1 aliphatic heterocycles. The van der Waals surface area contributed by atoms with Crippen molar-refractivity contribution in [1.82, 2.24) is 5.32 Å². The predicted molar refractivity (Wildman–Crippen MR) is 132 cm³/mol. The van der Waals surface area contributed by atoms with Crippen LogP contribution < -0.4 is 19.7 Å². The molecule has 1 heterocycles. The van der Waals surface area contributed by atoms with Gasteiger partial charge in [-0.3, -0.25) is 25.0 Å². The van der Waals surface area contributed by atoms with E-state index in [-0.39, 0.29) is 22.0 Å². The van der Waals surface area contributed by atoms with Crippen molar-refractivity contribution in [3.8, 4) is 17.2 Å². The molecule has 4 rings (SSSR count). The Morgan fingerprint density at radius 1 is 1.00 bits per heavy atom. The van der Waals surface area contributed by atoms with Crippen molar-refractivity contribution in [2.24, 2.45) is 0 Å². The average Bonchev–Trinajstić information content (AvgIpc) is 2.87. The number of benzene rings is 3. The lowest BCUT2D eigenvalue weighted by Crippen LogP contribution is -2.54. The molecule has 3 aromatic rings. The number of urea groups is 1. The van der Waals surface area contributed by atoms with E-state index in [1.54, 1.807) is 0 Å². The second-order valence-electron chi connectivity index (χ2n) is 7.88. The summed E-state index contributed by atoms with van der Waals surface area (Å²) in [7, 11) is 1.43. The van der Waals surface area contributed by atoms with Gasteiger partial charge >= 0.3 is 17.9 Å². The largest absolute Gasteiger partial charge is 0.497 e. The third-order valence-electron chi connectivity index (χ3n) is 5.41. The van der Waals surface area contributed by atoms with Gasteiger partial charge in [0.15, 0.2) is 0 Å². The van der Waals surface area contributed by atoms with Gasteiger partial charge < -0.3 is 9.47 Å². The number of carbonyl (C=O) groups is 3. The molecule has 1 fully saturated rings. The van der Waals surface area contributed by atoms with Crippen LogP contribution in [0.4, 0.5) is 29.3 Å². The molecular weight excluding hydrogens is 547 g/mol. The summed E-state index contributed by atoms with van der Waals surface area (Å²) in [6.45, 7) is 0. The summed E-state index contributed by atoms with van der Waals surface area (Å²) >= 11 is 6.06. The van der Waals surface area contributed by atoms with Crippen molar-refractivity contribution in [2.75, 3.05) is 12.0 Å². The number of alkyl halides is 3. The minimum Gasteiger partial charge on any atom is -0.497 e. The Morgan fingerprint density at radius 3 is 2.28 bits per heavy atom. The van der Waals surface area contributed by atoms with Crippen LogP contribution in [-0.2, 0) is 15.8 Å². The Bertz CT molecular complexity index is 1540. The van der Waals surface area contributed by atoms with Crippen LogP contribution in [0.15, 0.2) is 66.2 Å². The molecule has 0 aliphatic carbocycles. The van der Waals surface area contributed by atoms with E-state index in [4.69, 9.17) is 21.1 Å². The number of barbiturate groups is 1. The number of anilines is 1. The minimum absolute atomic E-state index is 0.0285. The molecule has 0 saturated carbocycles. The highest BCUT2D eigenvalue weighted by atomic mass is 35.5. The van der Waals surface area contributed by atoms with Gasteiger partial charge in [-0.1, -0.05) is 11.6 Å². The molecule has 10 nitrogen and oxygen atoms in total. The molecular formula is C25H15ClF3N3O7. The first kappa shape index (κ1) is 27.1. The summed E-state index contributed by atoms with van der Waals surface area (Å²) in [5.41, 5.74) is -2.65. The number of nitro groups is 1. The summed E-state index contributed by atoms with van der Waals surface area (Å²) in [6.07, 6.45) is -3.79. The summed E-state index contributed by atoms with van der Waals surface area (Å²) in [4.78, 5) is 49.4. The van der Waals surface area contributed by atoms with E-state index in [1.807, 2.05) is 5.32 Å². The van der Waals surface area contributed by atoms with Gasteiger partial charge in [0.25, 0.3) is 11.8 Å². The summed E-state index contributed by atoms with van der Waals surface area (Å²) in [5.74, 6) is -2.30. The standard InChI is InChI=1S/C25H15ClF3N3O7/c1-38-17-6-4-16(5-7-17)31-23(34)18(22(33)30-24(31)35)11-13-10-15(26)3-9-20(13)39-21-8-2-14(25(27,28)29)12-19(21)32(36)37/h2-12H,1H3,(H,30,33,35)/b18-11+. The smallest absolute Gasteiger partial charge is 0.416 e. The van der Waals surface area contributed by atoms with E-state index >= 15 is 0 Å². The van der Waals surface area contributed by atoms with Crippen molar-refractivity contribution in [3.05, 3.63) is 92.5 Å². The fourth-order valence-electron chi connectivity index (χ4n) is 3.54. The SMILES string of the molecule is COc1ccc(N2C(=O)NC(=O)/C(=C\c3cc(Cl)ccc3Oc3ccc(C(F)(F)F)cc3[N+](=O)[O-])C2=O)cc1. The van der Waals surface area contributed by atoms with Crippen LogP contribution in [0.5, 0.6) is 17.2 Å². The quantitative estimate of drug-likeness (QED) is 0.176. The Labute approximate surface area is 222 Å². The summed E-state index contributed by atoms with van der Waals surface area (Å²) in [5, 5.41) is 13.6. The molecule has 1 saturated heterocycles. The van der Waals surface area contributed by atoms with Crippen LogP contribution in [-0.4, -0.2) is 29.9 Å². The Balaban J connectivity index is 1.75. The van der Waals surface area contributed by atoms with Crippen LogP contribution in [0.3, 0.4) is 0 Å². The highest BCUT2D eigenvalue weighted by Crippen LogP contribution is 2.39. The lowest BCUT2D eigenvalue weighted by molar-refractivity contribution is -0.385. The third-order valence-corrected chi connectivity index (χ3v) is 5.64. The number of imide groups is 2. The normalized spacial score (nSPS) is 14.8. The highest BCUT2D eigenvalue weighted by molar-refractivity contribution is 6.39. The van der Waals surface area contributed by atoms with Crippen LogP contribution in [0.1, 0.15) is 11.1 Å². The number of amides is 4. The monoisotopic (exact) mass is 561 g/mol. The Hall–Kier alpha value is -4.91. The topological polar surface area (TPSA) is 128 Å². The maximum absolute atomic E-state index is 13.2. The average molecular weight is 562 g/mol. The van der Waals surface area contributed by atoms with Crippen molar-refractivity contribution in [3.63, 3.8) is 0 Å². The van der Waals surface area contributed by atoms with Gasteiger partial charge in [-0.05, 0) is 60.7 Å². The predicted octanol–water partition coefficient (Wildman–Crippen LogP) is 5.73. The highest BCUT2D eigenvalue weighted by Gasteiger charge is 2.37. The van der Waals surface area contributed by atoms with Crippen LogP contribution in [0.25, 0.3) is 6.08 Å². The second kappa shape index (κ2) is 10.5. The van der Waals surface area contributed by atoms with E-state index in [2.05, 4.69) is 0 Å². The van der Waals surface area contributed by atoms with Crippen molar-refractivity contribution in [1.29, 1.82) is 0 Å². The van der Waals surface area contributed by atoms with Gasteiger partial charge in [0.1, 0.15) is 17.1 Å². The van der Waals surface area contributed by atoms with Gasteiger partial charge in [0.05, 0.1) is 23.3 Å². The van der Waals surface area contributed by atoms with E-state index in [1.165, 1.54) is 49.6 Å². The second-order valence-corrected chi connectivity index (χ2v) is 8.31. The van der Waals surface area contributed by atoms with Crippen molar-refractivity contribution in [2.45, 2.75) is 6.18 Å². The molecule has 0 spiro atoms. The number of carbonyl (C=O) groups excluding carboxylic acids is 3. The van der Waals surface area contributed by atoms with Gasteiger partial charge in [-0.15, -0.1) is 0 Å². The van der Waals surface area contributed by atoms with Crippen molar-refractivity contribution >= 4 is 46.9 Å². The number of ether oxygens (including phenoxy) is 2. The first-order valence-corrected chi connectivity index (χ1v) is 11.2. The molecule has 0 bridgehead atoms. The Morgan fingerprint density at radius 2 is 1.67 bits per heavy atom. The zero-order chi connectivity index (χ0) is 28.5. The molecule has 14 heteroatoms. The maximum atomic E-state index is 13.2. The fourth-order valence-corrected chi connectivity index (χ4v) is 3.73. The number of nitro benzene ring substituents is 1. The molecule has 0 atom stereocenters. The van der Waals surface area contributed by atoms with E-state index in [0.717, 1.165) is 12.1 Å². The number of halogens is 4. The van der Waals surface area contributed by atoms with Gasteiger partial charge in [-0.25, -0.2) is 9.69 Å². The third kappa shape index (κ3) is 5.67. The van der Waals surface area contributed by atoms with Gasteiger partial charge in [-0.2, -0.15) is 13.2 Å². The number of hydrogen-bond donors (Lipinski definition) is 1.